The van der Waals surface area contributed by atoms with Crippen molar-refractivity contribution in [1.82, 2.24) is 15.2 Å². The van der Waals surface area contributed by atoms with Gasteiger partial charge in [0.1, 0.15) is 0 Å². The van der Waals surface area contributed by atoms with Crippen LogP contribution in [0.4, 0.5) is 23.7 Å². The number of carbonyl (C=O) groups is 1. The van der Waals surface area contributed by atoms with E-state index in [9.17, 15) is 18.0 Å². The zero-order valence-electron chi connectivity index (χ0n) is 14.9. The molecule has 2 heterocycles. The van der Waals surface area contributed by atoms with Crippen LogP contribution in [-0.2, 0) is 6.18 Å². The average Bonchev–Trinajstić information content (AvgIpc) is 2.68. The Hall–Kier alpha value is -2.77. The molecule has 1 unspecified atom stereocenters. The molecule has 0 aliphatic carbocycles. The molecule has 0 bridgehead atoms. The molecule has 144 valence electrons. The Labute approximate surface area is 155 Å². The number of hydrogen-bond acceptors (Lipinski definition) is 3. The first-order chi connectivity index (χ1) is 12.8. The van der Waals surface area contributed by atoms with Gasteiger partial charge < -0.3 is 15.1 Å². The van der Waals surface area contributed by atoms with Crippen LogP contribution in [0.2, 0.25) is 0 Å². The highest BCUT2D eigenvalue weighted by atomic mass is 19.4. The molecule has 0 saturated carbocycles. The lowest BCUT2D eigenvalue weighted by molar-refractivity contribution is -0.137. The summed E-state index contributed by atoms with van der Waals surface area (Å²) in [5.74, 6) is 0. The Kier molecular flexibility index (Phi) is 5.53. The van der Waals surface area contributed by atoms with Crippen LogP contribution in [0.1, 0.15) is 24.1 Å². The number of halogens is 3. The van der Waals surface area contributed by atoms with E-state index >= 15 is 0 Å². The lowest BCUT2D eigenvalue weighted by atomic mass is 10.1. The maximum atomic E-state index is 12.9. The summed E-state index contributed by atoms with van der Waals surface area (Å²) in [7, 11) is 0. The number of piperazine rings is 1. The van der Waals surface area contributed by atoms with Gasteiger partial charge in [0.2, 0.25) is 0 Å². The first-order valence-electron chi connectivity index (χ1n) is 8.72. The molecular formula is C19H21F3N4O. The standard InChI is InChI=1S/C19H21F3N4O/c1-14(15-3-2-4-16(13-15)19(20,21)22)24-18(27)26-11-9-25(10-12-26)17-5-7-23-8-6-17/h2-8,13-14H,9-12H2,1H3,(H,24,27). The van der Waals surface area contributed by atoms with E-state index in [0.717, 1.165) is 17.8 Å². The number of urea groups is 1. The van der Waals surface area contributed by atoms with Crippen LogP contribution in [0.25, 0.3) is 0 Å². The number of rotatable bonds is 3. The van der Waals surface area contributed by atoms with Crippen molar-refractivity contribution in [2.75, 3.05) is 31.1 Å². The van der Waals surface area contributed by atoms with Crippen molar-refractivity contribution >= 4 is 11.7 Å². The van der Waals surface area contributed by atoms with Crippen LogP contribution in [-0.4, -0.2) is 42.1 Å². The predicted molar refractivity (Wildman–Crippen MR) is 96.4 cm³/mol. The van der Waals surface area contributed by atoms with E-state index in [1.807, 2.05) is 12.1 Å². The topological polar surface area (TPSA) is 48.5 Å². The molecule has 1 saturated heterocycles. The number of alkyl halides is 3. The molecule has 2 aromatic rings. The number of pyridine rings is 1. The zero-order valence-corrected chi connectivity index (χ0v) is 14.9. The van der Waals surface area contributed by atoms with E-state index in [0.29, 0.717) is 31.7 Å². The van der Waals surface area contributed by atoms with Gasteiger partial charge >= 0.3 is 12.2 Å². The number of nitrogens with zero attached hydrogens (tertiary/aromatic N) is 3. The first-order valence-corrected chi connectivity index (χ1v) is 8.72. The van der Waals surface area contributed by atoms with Crippen molar-refractivity contribution in [3.63, 3.8) is 0 Å². The molecule has 1 fully saturated rings. The predicted octanol–water partition coefficient (Wildman–Crippen LogP) is 3.69. The fourth-order valence-corrected chi connectivity index (χ4v) is 3.07. The Balaban J connectivity index is 1.57. The molecule has 1 aliphatic rings. The summed E-state index contributed by atoms with van der Waals surface area (Å²) in [5.41, 5.74) is 0.767. The summed E-state index contributed by atoms with van der Waals surface area (Å²) in [6.07, 6.45) is -0.945. The summed E-state index contributed by atoms with van der Waals surface area (Å²) in [6.45, 7) is 4.15. The Morgan fingerprint density at radius 3 is 2.41 bits per heavy atom. The Morgan fingerprint density at radius 1 is 1.11 bits per heavy atom. The number of amides is 2. The smallest absolute Gasteiger partial charge is 0.368 e. The number of hydrogen-bond donors (Lipinski definition) is 1. The highest BCUT2D eigenvalue weighted by Gasteiger charge is 2.31. The Bertz CT molecular complexity index is 774. The van der Waals surface area contributed by atoms with Gasteiger partial charge in [0.05, 0.1) is 11.6 Å². The van der Waals surface area contributed by atoms with E-state index < -0.39 is 17.8 Å². The van der Waals surface area contributed by atoms with E-state index in [1.165, 1.54) is 6.07 Å². The summed E-state index contributed by atoms with van der Waals surface area (Å²) >= 11 is 0. The minimum atomic E-state index is -4.40. The fraction of sp³-hybridized carbons (Fsp3) is 0.368. The minimum Gasteiger partial charge on any atom is -0.368 e. The van der Waals surface area contributed by atoms with Gasteiger partial charge in [0, 0.05) is 44.3 Å². The molecule has 3 rings (SSSR count). The van der Waals surface area contributed by atoms with Crippen molar-refractivity contribution in [2.45, 2.75) is 19.1 Å². The normalized spacial score (nSPS) is 16.1. The van der Waals surface area contributed by atoms with Gasteiger partial charge in [-0.15, -0.1) is 0 Å². The van der Waals surface area contributed by atoms with Crippen LogP contribution in [0.15, 0.2) is 48.8 Å². The van der Waals surface area contributed by atoms with Crippen molar-refractivity contribution in [1.29, 1.82) is 0 Å². The average molecular weight is 378 g/mol. The number of aromatic nitrogens is 1. The third-order valence-electron chi connectivity index (χ3n) is 4.65. The number of carbonyl (C=O) groups excluding carboxylic acids is 1. The third kappa shape index (κ3) is 4.69. The van der Waals surface area contributed by atoms with Crippen molar-refractivity contribution in [3.05, 3.63) is 59.9 Å². The molecule has 1 aliphatic heterocycles. The summed E-state index contributed by atoms with van der Waals surface area (Å²) in [6, 6.07) is 8.10. The first kappa shape index (κ1) is 19.0. The summed E-state index contributed by atoms with van der Waals surface area (Å²) in [5, 5.41) is 2.79. The highest BCUT2D eigenvalue weighted by molar-refractivity contribution is 5.75. The van der Waals surface area contributed by atoms with Gasteiger partial charge in [-0.2, -0.15) is 13.2 Å². The van der Waals surface area contributed by atoms with Crippen LogP contribution >= 0.6 is 0 Å². The molecule has 2 amide bonds. The largest absolute Gasteiger partial charge is 0.416 e. The molecule has 1 N–H and O–H groups in total. The lowest BCUT2D eigenvalue weighted by Crippen LogP contribution is -2.52. The maximum Gasteiger partial charge on any atom is 0.416 e. The SMILES string of the molecule is CC(NC(=O)N1CCN(c2ccncc2)CC1)c1cccc(C(F)(F)F)c1. The van der Waals surface area contributed by atoms with Gasteiger partial charge in [-0.1, -0.05) is 12.1 Å². The monoisotopic (exact) mass is 378 g/mol. The second kappa shape index (κ2) is 7.85. The molecule has 8 heteroatoms. The van der Waals surface area contributed by atoms with Crippen LogP contribution in [0.3, 0.4) is 0 Å². The molecular weight excluding hydrogens is 357 g/mol. The van der Waals surface area contributed by atoms with Crippen LogP contribution < -0.4 is 10.2 Å². The van der Waals surface area contributed by atoms with Crippen molar-refractivity contribution in [2.24, 2.45) is 0 Å². The number of benzene rings is 1. The fourth-order valence-electron chi connectivity index (χ4n) is 3.07. The highest BCUT2D eigenvalue weighted by Crippen LogP contribution is 2.30. The van der Waals surface area contributed by atoms with E-state index in [1.54, 1.807) is 30.3 Å². The zero-order chi connectivity index (χ0) is 19.4. The van der Waals surface area contributed by atoms with E-state index in [2.05, 4.69) is 15.2 Å². The summed E-state index contributed by atoms with van der Waals surface area (Å²) in [4.78, 5) is 20.3. The van der Waals surface area contributed by atoms with Crippen LogP contribution in [0.5, 0.6) is 0 Å². The quantitative estimate of drug-likeness (QED) is 0.886. The van der Waals surface area contributed by atoms with E-state index in [4.69, 9.17) is 0 Å². The maximum absolute atomic E-state index is 12.9. The van der Waals surface area contributed by atoms with E-state index in [-0.39, 0.29) is 6.03 Å². The molecule has 1 aromatic heterocycles. The molecule has 1 atom stereocenters. The molecule has 0 spiro atoms. The lowest BCUT2D eigenvalue weighted by Gasteiger charge is -2.36. The van der Waals surface area contributed by atoms with Crippen molar-refractivity contribution in [3.8, 4) is 0 Å². The van der Waals surface area contributed by atoms with Gasteiger partial charge in [-0.05, 0) is 36.8 Å². The van der Waals surface area contributed by atoms with Crippen molar-refractivity contribution < 1.29 is 18.0 Å². The molecule has 0 radical (unpaired) electrons. The molecule has 27 heavy (non-hydrogen) atoms. The van der Waals surface area contributed by atoms with Gasteiger partial charge in [-0.25, -0.2) is 4.79 Å². The third-order valence-corrected chi connectivity index (χ3v) is 4.65. The van der Waals surface area contributed by atoms with Gasteiger partial charge in [0.25, 0.3) is 0 Å². The number of anilines is 1. The Morgan fingerprint density at radius 2 is 1.78 bits per heavy atom. The second-order valence-corrected chi connectivity index (χ2v) is 6.47. The molecule has 5 nitrogen and oxygen atoms in total. The minimum absolute atomic E-state index is 0.269. The molecule has 1 aromatic carbocycles. The van der Waals surface area contributed by atoms with Gasteiger partial charge in [0.15, 0.2) is 0 Å². The van der Waals surface area contributed by atoms with Crippen LogP contribution in [0, 0.1) is 0 Å². The summed E-state index contributed by atoms with van der Waals surface area (Å²) < 4.78 is 38.6. The second-order valence-electron chi connectivity index (χ2n) is 6.47. The van der Waals surface area contributed by atoms with Gasteiger partial charge in [-0.3, -0.25) is 4.98 Å². The number of nitrogens with one attached hydrogen (secondary N) is 1.